The Labute approximate surface area is 114 Å². The molecule has 1 atom stereocenters. The highest BCUT2D eigenvalue weighted by atomic mass is 127. The van der Waals surface area contributed by atoms with Crippen molar-refractivity contribution in [1.29, 1.82) is 0 Å². The molecule has 2 fully saturated rings. The molecule has 2 saturated carbocycles. The van der Waals surface area contributed by atoms with E-state index in [4.69, 9.17) is 4.74 Å². The predicted octanol–water partition coefficient (Wildman–Crippen LogP) is 4.58. The number of rotatable bonds is 5. The Kier molecular flexibility index (Phi) is 4.56. The lowest BCUT2D eigenvalue weighted by Gasteiger charge is -2.40. The topological polar surface area (TPSA) is 9.23 Å². The molecule has 0 aromatic rings. The molecular formula is C14H25IO. The quantitative estimate of drug-likeness (QED) is 0.528. The number of halogens is 1. The third-order valence-electron chi connectivity index (χ3n) is 4.56. The minimum absolute atomic E-state index is 0.230. The standard InChI is InChI=1S/C14H25IO/c1-3-12-6-8-14(10-15,9-7-12)16-11(2)13-4-5-13/h11-13H,3-10H2,1-2H3. The van der Waals surface area contributed by atoms with Gasteiger partial charge in [-0.2, -0.15) is 0 Å². The molecule has 94 valence electrons. The molecule has 0 spiro atoms. The second-order valence-electron chi connectivity index (χ2n) is 5.83. The van der Waals surface area contributed by atoms with Crippen molar-refractivity contribution in [2.24, 2.45) is 11.8 Å². The van der Waals surface area contributed by atoms with Crippen LogP contribution < -0.4 is 0 Å². The SMILES string of the molecule is CCC1CCC(CI)(OC(C)C2CC2)CC1. The summed E-state index contributed by atoms with van der Waals surface area (Å²) in [5.74, 6) is 1.85. The van der Waals surface area contributed by atoms with Gasteiger partial charge in [-0.25, -0.2) is 0 Å². The maximum atomic E-state index is 6.44. The fraction of sp³-hybridized carbons (Fsp3) is 1.00. The van der Waals surface area contributed by atoms with E-state index >= 15 is 0 Å². The molecule has 0 aliphatic heterocycles. The summed E-state index contributed by atoms with van der Waals surface area (Å²) in [5.41, 5.74) is 0.230. The normalized spacial score (nSPS) is 37.3. The molecule has 0 aromatic heterocycles. The zero-order valence-corrected chi connectivity index (χ0v) is 12.8. The molecule has 2 heteroatoms. The summed E-state index contributed by atoms with van der Waals surface area (Å²) in [6.07, 6.45) is 10.0. The third-order valence-corrected chi connectivity index (χ3v) is 5.95. The highest BCUT2D eigenvalue weighted by Crippen LogP contribution is 2.42. The highest BCUT2D eigenvalue weighted by Gasteiger charge is 2.39. The van der Waals surface area contributed by atoms with Crippen LogP contribution in [-0.4, -0.2) is 16.1 Å². The van der Waals surface area contributed by atoms with E-state index in [0.29, 0.717) is 6.10 Å². The molecule has 0 heterocycles. The Hall–Kier alpha value is 0.690. The second-order valence-corrected chi connectivity index (χ2v) is 6.59. The van der Waals surface area contributed by atoms with Crippen LogP contribution >= 0.6 is 22.6 Å². The summed E-state index contributed by atoms with van der Waals surface area (Å²) in [7, 11) is 0. The summed E-state index contributed by atoms with van der Waals surface area (Å²) in [5, 5.41) is 0. The third kappa shape index (κ3) is 3.12. The van der Waals surface area contributed by atoms with Crippen LogP contribution in [-0.2, 0) is 4.74 Å². The number of alkyl halides is 1. The van der Waals surface area contributed by atoms with Gasteiger partial charge in [-0.3, -0.25) is 0 Å². The predicted molar refractivity (Wildman–Crippen MR) is 77.1 cm³/mol. The van der Waals surface area contributed by atoms with Crippen molar-refractivity contribution in [3.63, 3.8) is 0 Å². The van der Waals surface area contributed by atoms with Crippen molar-refractivity contribution >= 4 is 22.6 Å². The smallest absolute Gasteiger partial charge is 0.0775 e. The average Bonchev–Trinajstić information content (AvgIpc) is 3.14. The molecule has 0 aromatic carbocycles. The monoisotopic (exact) mass is 336 g/mol. The van der Waals surface area contributed by atoms with E-state index in [-0.39, 0.29) is 5.60 Å². The van der Waals surface area contributed by atoms with Crippen LogP contribution in [0.1, 0.15) is 58.8 Å². The first-order valence-electron chi connectivity index (χ1n) is 6.93. The molecule has 0 bridgehead atoms. The van der Waals surface area contributed by atoms with Crippen molar-refractivity contribution in [3.8, 4) is 0 Å². The van der Waals surface area contributed by atoms with Gasteiger partial charge in [0.05, 0.1) is 11.7 Å². The van der Waals surface area contributed by atoms with E-state index in [9.17, 15) is 0 Å². The van der Waals surface area contributed by atoms with Crippen LogP contribution in [0.3, 0.4) is 0 Å². The molecule has 0 amide bonds. The maximum Gasteiger partial charge on any atom is 0.0775 e. The maximum absolute atomic E-state index is 6.44. The van der Waals surface area contributed by atoms with Gasteiger partial charge in [0.25, 0.3) is 0 Å². The van der Waals surface area contributed by atoms with Gasteiger partial charge >= 0.3 is 0 Å². The first kappa shape index (κ1) is 13.1. The molecular weight excluding hydrogens is 311 g/mol. The molecule has 2 rings (SSSR count). The Morgan fingerprint density at radius 2 is 1.88 bits per heavy atom. The average molecular weight is 336 g/mol. The summed E-state index contributed by atoms with van der Waals surface area (Å²) in [6.45, 7) is 4.62. The van der Waals surface area contributed by atoms with Crippen LogP contribution in [0, 0.1) is 11.8 Å². The Morgan fingerprint density at radius 1 is 1.25 bits per heavy atom. The van der Waals surface area contributed by atoms with E-state index in [1.165, 1.54) is 49.4 Å². The second kappa shape index (κ2) is 5.55. The molecule has 1 unspecified atom stereocenters. The zero-order valence-electron chi connectivity index (χ0n) is 10.7. The number of hydrogen-bond donors (Lipinski definition) is 0. The van der Waals surface area contributed by atoms with Crippen molar-refractivity contribution in [1.82, 2.24) is 0 Å². The van der Waals surface area contributed by atoms with Gasteiger partial charge in [-0.15, -0.1) is 0 Å². The molecule has 0 N–H and O–H groups in total. The molecule has 1 nitrogen and oxygen atoms in total. The first-order chi connectivity index (χ1) is 7.69. The molecule has 0 radical (unpaired) electrons. The van der Waals surface area contributed by atoms with Crippen molar-refractivity contribution in [2.75, 3.05) is 4.43 Å². The van der Waals surface area contributed by atoms with Gasteiger partial charge in [-0.1, -0.05) is 35.9 Å². The van der Waals surface area contributed by atoms with E-state index in [0.717, 1.165) is 11.8 Å². The van der Waals surface area contributed by atoms with Gasteiger partial charge < -0.3 is 4.74 Å². The van der Waals surface area contributed by atoms with Gasteiger partial charge in [0, 0.05) is 4.43 Å². The minimum Gasteiger partial charge on any atom is -0.371 e. The van der Waals surface area contributed by atoms with E-state index < -0.39 is 0 Å². The molecule has 2 aliphatic rings. The van der Waals surface area contributed by atoms with Gasteiger partial charge in [0.2, 0.25) is 0 Å². The molecule has 2 aliphatic carbocycles. The molecule has 16 heavy (non-hydrogen) atoms. The summed E-state index contributed by atoms with van der Waals surface area (Å²) >= 11 is 2.53. The highest BCUT2D eigenvalue weighted by molar-refractivity contribution is 14.1. The van der Waals surface area contributed by atoms with Crippen LogP contribution in [0.2, 0.25) is 0 Å². The van der Waals surface area contributed by atoms with Crippen LogP contribution in [0.15, 0.2) is 0 Å². The Morgan fingerprint density at radius 3 is 2.31 bits per heavy atom. The van der Waals surface area contributed by atoms with Crippen molar-refractivity contribution < 1.29 is 4.74 Å². The number of ether oxygens (including phenoxy) is 1. The van der Waals surface area contributed by atoms with Crippen molar-refractivity contribution in [3.05, 3.63) is 0 Å². The number of hydrogen-bond acceptors (Lipinski definition) is 1. The van der Waals surface area contributed by atoms with Crippen LogP contribution in [0.25, 0.3) is 0 Å². The lowest BCUT2D eigenvalue weighted by molar-refractivity contribution is -0.104. The zero-order chi connectivity index (χ0) is 11.6. The lowest BCUT2D eigenvalue weighted by atomic mass is 9.78. The van der Waals surface area contributed by atoms with E-state index in [1.807, 2.05) is 0 Å². The van der Waals surface area contributed by atoms with Gasteiger partial charge in [0.1, 0.15) is 0 Å². The fourth-order valence-corrected chi connectivity index (χ4v) is 3.89. The van der Waals surface area contributed by atoms with Gasteiger partial charge in [0.15, 0.2) is 0 Å². The fourth-order valence-electron chi connectivity index (χ4n) is 2.95. The van der Waals surface area contributed by atoms with Crippen LogP contribution in [0.5, 0.6) is 0 Å². The Balaban J connectivity index is 1.87. The molecule has 0 saturated heterocycles. The first-order valence-corrected chi connectivity index (χ1v) is 8.45. The van der Waals surface area contributed by atoms with E-state index in [1.54, 1.807) is 0 Å². The Bertz CT molecular complexity index is 217. The largest absolute Gasteiger partial charge is 0.371 e. The van der Waals surface area contributed by atoms with E-state index in [2.05, 4.69) is 36.4 Å². The van der Waals surface area contributed by atoms with Gasteiger partial charge in [-0.05, 0) is 57.3 Å². The summed E-state index contributed by atoms with van der Waals surface area (Å²) in [6, 6.07) is 0. The minimum atomic E-state index is 0.230. The lowest BCUT2D eigenvalue weighted by Crippen LogP contribution is -2.41. The summed E-state index contributed by atoms with van der Waals surface area (Å²) < 4.78 is 7.62. The van der Waals surface area contributed by atoms with Crippen LogP contribution in [0.4, 0.5) is 0 Å². The summed E-state index contributed by atoms with van der Waals surface area (Å²) in [4.78, 5) is 0. The van der Waals surface area contributed by atoms with Crippen molar-refractivity contribution in [2.45, 2.75) is 70.5 Å².